The third-order valence-electron chi connectivity index (χ3n) is 3.99. The van der Waals surface area contributed by atoms with Crippen molar-refractivity contribution in [2.45, 2.75) is 13.5 Å². The third kappa shape index (κ3) is 4.26. The van der Waals surface area contributed by atoms with Gasteiger partial charge in [0.15, 0.2) is 11.5 Å². The van der Waals surface area contributed by atoms with Crippen molar-refractivity contribution >= 4 is 65.8 Å². The highest BCUT2D eigenvalue weighted by molar-refractivity contribution is 9.13. The first-order valence-corrected chi connectivity index (χ1v) is 10.6. The van der Waals surface area contributed by atoms with Gasteiger partial charge in [0.25, 0.3) is 5.91 Å². The molecule has 9 heteroatoms. The Kier molecular flexibility index (Phi) is 6.47. The fourth-order valence-corrected chi connectivity index (χ4v) is 3.73. The summed E-state index contributed by atoms with van der Waals surface area (Å²) in [5.41, 5.74) is 1.55. The zero-order valence-electron chi connectivity index (χ0n) is 14.6. The number of benzene rings is 2. The lowest BCUT2D eigenvalue weighted by Crippen LogP contribution is -2.30. The number of nitrogens with one attached hydrogen (secondary N) is 1. The van der Waals surface area contributed by atoms with E-state index < -0.39 is 11.9 Å². The van der Waals surface area contributed by atoms with E-state index >= 15 is 0 Å². The van der Waals surface area contributed by atoms with Crippen molar-refractivity contribution in [2.75, 3.05) is 6.61 Å². The number of halogens is 3. The molecule has 0 aromatic heterocycles. The molecule has 28 heavy (non-hydrogen) atoms. The maximum absolute atomic E-state index is 12.7. The second-order valence-electron chi connectivity index (χ2n) is 5.88. The van der Waals surface area contributed by atoms with E-state index in [1.807, 2.05) is 24.3 Å². The lowest BCUT2D eigenvalue weighted by Gasteiger charge is -2.12. The molecule has 1 saturated heterocycles. The van der Waals surface area contributed by atoms with Gasteiger partial charge < -0.3 is 15.2 Å². The van der Waals surface area contributed by atoms with Crippen LogP contribution in [0.25, 0.3) is 6.08 Å². The summed E-state index contributed by atoms with van der Waals surface area (Å²) in [7, 11) is 0. The lowest BCUT2D eigenvalue weighted by atomic mass is 10.1. The number of amides is 3. The van der Waals surface area contributed by atoms with Crippen molar-refractivity contribution in [1.82, 2.24) is 10.2 Å². The Bertz CT molecular complexity index is 974. The van der Waals surface area contributed by atoms with Crippen molar-refractivity contribution in [3.05, 3.63) is 60.6 Å². The predicted molar refractivity (Wildman–Crippen MR) is 116 cm³/mol. The van der Waals surface area contributed by atoms with Crippen LogP contribution in [0.2, 0.25) is 0 Å². The molecule has 2 N–H and O–H groups in total. The Morgan fingerprint density at radius 1 is 1.14 bits per heavy atom. The number of phenolic OH excluding ortho intramolecular Hbond substituents is 1. The minimum atomic E-state index is -0.488. The number of urea groups is 1. The number of phenols is 1. The summed E-state index contributed by atoms with van der Waals surface area (Å²) < 4.78 is 7.27. The lowest BCUT2D eigenvalue weighted by molar-refractivity contribution is -0.123. The number of hydrogen-bond donors (Lipinski definition) is 2. The highest BCUT2D eigenvalue weighted by atomic mass is 79.9. The summed E-state index contributed by atoms with van der Waals surface area (Å²) in [6, 6.07) is 8.49. The van der Waals surface area contributed by atoms with E-state index in [2.05, 4.69) is 53.1 Å². The average molecular weight is 575 g/mol. The topological polar surface area (TPSA) is 78.9 Å². The fourth-order valence-electron chi connectivity index (χ4n) is 2.63. The first-order chi connectivity index (χ1) is 13.3. The number of nitrogens with zero attached hydrogens (tertiary/aromatic N) is 1. The van der Waals surface area contributed by atoms with Gasteiger partial charge in [-0.3, -0.25) is 9.69 Å². The highest BCUT2D eigenvalue weighted by Gasteiger charge is 2.33. The van der Waals surface area contributed by atoms with E-state index in [1.54, 1.807) is 19.1 Å². The smallest absolute Gasteiger partial charge is 0.329 e. The summed E-state index contributed by atoms with van der Waals surface area (Å²) in [6.45, 7) is 2.34. The van der Waals surface area contributed by atoms with Crippen LogP contribution in [0, 0.1) is 0 Å². The van der Waals surface area contributed by atoms with Gasteiger partial charge in [0, 0.05) is 8.95 Å². The molecule has 3 amide bonds. The Morgan fingerprint density at radius 2 is 1.82 bits per heavy atom. The van der Waals surface area contributed by atoms with Crippen molar-refractivity contribution in [1.29, 1.82) is 0 Å². The Labute approximate surface area is 186 Å². The van der Waals surface area contributed by atoms with Gasteiger partial charge in [0.2, 0.25) is 0 Å². The van der Waals surface area contributed by atoms with Crippen LogP contribution in [-0.4, -0.2) is 28.6 Å². The molecule has 0 unspecified atom stereocenters. The molecule has 0 radical (unpaired) electrons. The van der Waals surface area contributed by atoms with Gasteiger partial charge in [-0.25, -0.2) is 4.79 Å². The van der Waals surface area contributed by atoms with Gasteiger partial charge in [0.1, 0.15) is 5.70 Å². The third-order valence-corrected chi connectivity index (χ3v) is 6.68. The molecule has 0 saturated carbocycles. The summed E-state index contributed by atoms with van der Waals surface area (Å²) in [6.07, 6.45) is 1.54. The van der Waals surface area contributed by atoms with Gasteiger partial charge >= 0.3 is 6.03 Å². The molecule has 0 aliphatic carbocycles. The van der Waals surface area contributed by atoms with Gasteiger partial charge in [-0.05, 0) is 74.2 Å². The molecule has 0 bridgehead atoms. The monoisotopic (exact) mass is 572 g/mol. The Balaban J connectivity index is 1.90. The van der Waals surface area contributed by atoms with Crippen LogP contribution in [0.5, 0.6) is 11.5 Å². The molecule has 1 heterocycles. The molecule has 2 aromatic carbocycles. The van der Waals surface area contributed by atoms with E-state index in [0.717, 1.165) is 14.9 Å². The minimum Gasteiger partial charge on any atom is -0.503 e. The first kappa shape index (κ1) is 20.9. The minimum absolute atomic E-state index is 0.0467. The number of hydrogen-bond acceptors (Lipinski definition) is 4. The van der Waals surface area contributed by atoms with Crippen LogP contribution < -0.4 is 10.1 Å². The normalized spacial score (nSPS) is 15.3. The molecular formula is C19H15Br3N2O4. The van der Waals surface area contributed by atoms with E-state index in [9.17, 15) is 14.7 Å². The van der Waals surface area contributed by atoms with Crippen molar-refractivity contribution < 1.29 is 19.4 Å². The number of carbonyl (C=O) groups is 2. The van der Waals surface area contributed by atoms with Gasteiger partial charge in [-0.15, -0.1) is 0 Å². The maximum atomic E-state index is 12.7. The van der Waals surface area contributed by atoms with E-state index in [1.165, 1.54) is 0 Å². The van der Waals surface area contributed by atoms with Crippen LogP contribution in [-0.2, 0) is 11.3 Å². The average Bonchev–Trinajstić information content (AvgIpc) is 2.93. The standard InChI is InChI=1S/C19H15Br3N2O4/c1-2-28-14-8-11(15(21)16(22)17(14)25)7-13-18(26)24(19(27)23-13)9-10-3-5-12(20)6-4-10/h3-8,25H,2,9H2,1H3,(H,23,27)/b13-7+. The van der Waals surface area contributed by atoms with E-state index in [-0.39, 0.29) is 23.7 Å². The molecule has 146 valence electrons. The molecule has 1 aliphatic heterocycles. The van der Waals surface area contributed by atoms with E-state index in [4.69, 9.17) is 4.74 Å². The summed E-state index contributed by atoms with van der Waals surface area (Å²) in [4.78, 5) is 26.2. The van der Waals surface area contributed by atoms with Crippen LogP contribution in [0.3, 0.4) is 0 Å². The predicted octanol–water partition coefficient (Wildman–Crippen LogP) is 5.17. The van der Waals surface area contributed by atoms with Crippen molar-refractivity contribution in [3.8, 4) is 11.5 Å². The second kappa shape index (κ2) is 8.67. The Morgan fingerprint density at radius 3 is 2.46 bits per heavy atom. The van der Waals surface area contributed by atoms with Gasteiger partial charge in [0.05, 0.1) is 17.6 Å². The molecule has 0 atom stereocenters. The zero-order valence-corrected chi connectivity index (χ0v) is 19.4. The molecule has 2 aromatic rings. The van der Waals surface area contributed by atoms with Gasteiger partial charge in [-0.1, -0.05) is 28.1 Å². The molecule has 6 nitrogen and oxygen atoms in total. The van der Waals surface area contributed by atoms with Crippen molar-refractivity contribution in [3.63, 3.8) is 0 Å². The maximum Gasteiger partial charge on any atom is 0.329 e. The van der Waals surface area contributed by atoms with Crippen LogP contribution in [0.15, 0.2) is 49.4 Å². The number of imide groups is 1. The fraction of sp³-hybridized carbons (Fsp3) is 0.158. The van der Waals surface area contributed by atoms with Crippen LogP contribution >= 0.6 is 47.8 Å². The first-order valence-electron chi connectivity index (χ1n) is 8.24. The number of ether oxygens (including phenoxy) is 1. The SMILES string of the molecule is CCOc1cc(/C=C2/NC(=O)N(Cc3ccc(Br)cc3)C2=O)c(Br)c(Br)c1O. The summed E-state index contributed by atoms with van der Waals surface area (Å²) in [5, 5.41) is 12.7. The second-order valence-corrected chi connectivity index (χ2v) is 8.38. The number of rotatable bonds is 5. The summed E-state index contributed by atoms with van der Waals surface area (Å²) in [5.74, 6) is -0.204. The molecule has 3 rings (SSSR count). The van der Waals surface area contributed by atoms with Crippen LogP contribution in [0.4, 0.5) is 4.79 Å². The van der Waals surface area contributed by atoms with Gasteiger partial charge in [-0.2, -0.15) is 0 Å². The highest BCUT2D eigenvalue weighted by Crippen LogP contribution is 2.42. The largest absolute Gasteiger partial charge is 0.503 e. The molecular weight excluding hydrogens is 560 g/mol. The van der Waals surface area contributed by atoms with E-state index in [0.29, 0.717) is 21.1 Å². The Hall–Kier alpha value is -1.84. The quantitative estimate of drug-likeness (QED) is 0.381. The van der Waals surface area contributed by atoms with Crippen LogP contribution in [0.1, 0.15) is 18.1 Å². The molecule has 1 fully saturated rings. The number of aromatic hydroxyl groups is 1. The molecule has 1 aliphatic rings. The van der Waals surface area contributed by atoms with Crippen molar-refractivity contribution in [2.24, 2.45) is 0 Å². The molecule has 0 spiro atoms. The summed E-state index contributed by atoms with van der Waals surface area (Å²) >= 11 is 10.0. The number of carbonyl (C=O) groups excluding carboxylic acids is 2. The zero-order chi connectivity index (χ0) is 20.4.